The number of benzene rings is 3. The topological polar surface area (TPSA) is 59.1 Å². The summed E-state index contributed by atoms with van der Waals surface area (Å²) in [6.07, 6.45) is -4.90. The second kappa shape index (κ2) is 9.31. The Kier molecular flexibility index (Phi) is 6.17. The van der Waals surface area contributed by atoms with E-state index in [9.17, 15) is 22.8 Å². The molecule has 5 rings (SSSR count). The van der Waals surface area contributed by atoms with Crippen molar-refractivity contribution >= 4 is 23.2 Å². The highest BCUT2D eigenvalue weighted by molar-refractivity contribution is 6.23. The monoisotopic (exact) mass is 496 g/mol. The third-order valence-electron chi connectivity index (χ3n) is 6.25. The number of carbonyl (C=O) groups is 2. The number of nitrogens with zero attached hydrogens (tertiary/aromatic N) is 2. The van der Waals surface area contributed by atoms with E-state index in [1.54, 1.807) is 54.6 Å². The van der Waals surface area contributed by atoms with Gasteiger partial charge in [-0.2, -0.15) is 13.2 Å². The Balaban J connectivity index is 1.53. The number of hydrogen-bond acceptors (Lipinski definition) is 5. The standard InChI is InChI=1S/C27H23F3N2O4/c1-2-15-35-21-13-11-19(12-14-21)31-25(33)22-23(17-7-6-8-18(16-17)27(28,29)30)32(36-24(22)26(31)34)20-9-4-3-5-10-20/h3-14,16,22-24H,2,15H2,1H3/t22-,23-,24-/m0/s1. The number of hydrogen-bond donors (Lipinski definition) is 0. The van der Waals surface area contributed by atoms with Crippen LogP contribution in [-0.2, 0) is 20.6 Å². The summed E-state index contributed by atoms with van der Waals surface area (Å²) in [5.74, 6) is -1.53. The highest BCUT2D eigenvalue weighted by Crippen LogP contribution is 2.48. The second-order valence-corrected chi connectivity index (χ2v) is 8.64. The lowest BCUT2D eigenvalue weighted by Crippen LogP contribution is -2.37. The third kappa shape index (κ3) is 4.19. The molecule has 2 aliphatic heterocycles. The summed E-state index contributed by atoms with van der Waals surface area (Å²) in [6.45, 7) is 2.52. The molecule has 9 heteroatoms. The van der Waals surface area contributed by atoms with E-state index in [0.29, 0.717) is 23.7 Å². The number of anilines is 2. The largest absolute Gasteiger partial charge is 0.494 e. The number of ether oxygens (including phenoxy) is 1. The van der Waals surface area contributed by atoms with E-state index >= 15 is 0 Å². The van der Waals surface area contributed by atoms with Crippen LogP contribution >= 0.6 is 0 Å². The summed E-state index contributed by atoms with van der Waals surface area (Å²) in [4.78, 5) is 34.1. The van der Waals surface area contributed by atoms with Crippen LogP contribution in [0, 0.1) is 5.92 Å². The number of amides is 2. The molecule has 0 saturated carbocycles. The van der Waals surface area contributed by atoms with E-state index in [-0.39, 0.29) is 5.56 Å². The number of alkyl halides is 3. The minimum absolute atomic E-state index is 0.229. The van der Waals surface area contributed by atoms with E-state index in [0.717, 1.165) is 23.5 Å². The first-order valence-corrected chi connectivity index (χ1v) is 11.6. The SMILES string of the molecule is CCCOc1ccc(N2C(=O)[C@@H]3[C@H](ON(c4ccccc4)[C@H]3c3cccc(C(F)(F)F)c3)C2=O)cc1. The van der Waals surface area contributed by atoms with Gasteiger partial charge in [0.15, 0.2) is 6.10 Å². The third-order valence-corrected chi connectivity index (χ3v) is 6.25. The molecule has 0 aromatic heterocycles. The van der Waals surface area contributed by atoms with Crippen LogP contribution in [0.25, 0.3) is 0 Å². The molecule has 2 fully saturated rings. The molecule has 0 aliphatic carbocycles. The van der Waals surface area contributed by atoms with Crippen LogP contribution in [0.15, 0.2) is 78.9 Å². The van der Waals surface area contributed by atoms with Gasteiger partial charge in [-0.25, -0.2) is 9.96 Å². The van der Waals surface area contributed by atoms with E-state index in [2.05, 4.69) is 0 Å². The molecule has 186 valence electrons. The maximum absolute atomic E-state index is 13.6. The molecule has 3 atom stereocenters. The molecule has 2 heterocycles. The molecule has 6 nitrogen and oxygen atoms in total. The fourth-order valence-electron chi connectivity index (χ4n) is 4.62. The summed E-state index contributed by atoms with van der Waals surface area (Å²) < 4.78 is 46.0. The van der Waals surface area contributed by atoms with Crippen LogP contribution in [0.2, 0.25) is 0 Å². The molecule has 2 saturated heterocycles. The quantitative estimate of drug-likeness (QED) is 0.419. The van der Waals surface area contributed by atoms with Crippen molar-refractivity contribution in [2.24, 2.45) is 5.92 Å². The zero-order valence-corrected chi connectivity index (χ0v) is 19.3. The first-order valence-electron chi connectivity index (χ1n) is 11.6. The summed E-state index contributed by atoms with van der Waals surface area (Å²) in [6, 6.07) is 19.1. The van der Waals surface area contributed by atoms with Crippen LogP contribution < -0.4 is 14.7 Å². The van der Waals surface area contributed by atoms with Gasteiger partial charge in [0.25, 0.3) is 5.91 Å². The highest BCUT2D eigenvalue weighted by atomic mass is 19.4. The van der Waals surface area contributed by atoms with E-state index < -0.39 is 41.6 Å². The van der Waals surface area contributed by atoms with Crippen LogP contribution in [0.4, 0.5) is 24.5 Å². The maximum Gasteiger partial charge on any atom is 0.416 e. The van der Waals surface area contributed by atoms with Crippen LogP contribution in [-0.4, -0.2) is 24.5 Å². The average Bonchev–Trinajstić information content (AvgIpc) is 3.39. The van der Waals surface area contributed by atoms with Gasteiger partial charge in [0.2, 0.25) is 5.91 Å². The van der Waals surface area contributed by atoms with E-state index in [1.165, 1.54) is 17.2 Å². The van der Waals surface area contributed by atoms with Gasteiger partial charge < -0.3 is 4.74 Å². The highest BCUT2D eigenvalue weighted by Gasteiger charge is 2.60. The molecule has 36 heavy (non-hydrogen) atoms. The number of imide groups is 1. The Morgan fingerprint density at radius 2 is 1.61 bits per heavy atom. The number of rotatable bonds is 6. The molecule has 2 amide bonds. The minimum atomic E-state index is -4.56. The van der Waals surface area contributed by atoms with Crippen molar-refractivity contribution in [3.63, 3.8) is 0 Å². The molecule has 0 bridgehead atoms. The van der Waals surface area contributed by atoms with Gasteiger partial charge >= 0.3 is 6.18 Å². The van der Waals surface area contributed by atoms with Crippen LogP contribution in [0.1, 0.15) is 30.5 Å². The van der Waals surface area contributed by atoms with Crippen molar-refractivity contribution < 1.29 is 32.3 Å². The minimum Gasteiger partial charge on any atom is -0.494 e. The van der Waals surface area contributed by atoms with E-state index in [4.69, 9.17) is 9.57 Å². The van der Waals surface area contributed by atoms with Crippen LogP contribution in [0.3, 0.4) is 0 Å². The normalized spacial score (nSPS) is 21.7. The molecule has 0 N–H and O–H groups in total. The average molecular weight is 496 g/mol. The summed E-state index contributed by atoms with van der Waals surface area (Å²) in [7, 11) is 0. The van der Waals surface area contributed by atoms with Crippen molar-refractivity contribution in [3.05, 3.63) is 90.0 Å². The maximum atomic E-state index is 13.6. The van der Waals surface area contributed by atoms with Gasteiger partial charge in [-0.15, -0.1) is 0 Å². The first kappa shape index (κ1) is 23.9. The lowest BCUT2D eigenvalue weighted by atomic mass is 9.89. The van der Waals surface area contributed by atoms with Gasteiger partial charge in [0.05, 0.1) is 29.6 Å². The van der Waals surface area contributed by atoms with Gasteiger partial charge in [-0.1, -0.05) is 37.3 Å². The predicted octanol–water partition coefficient (Wildman–Crippen LogP) is 5.55. The van der Waals surface area contributed by atoms with Gasteiger partial charge in [0.1, 0.15) is 11.7 Å². The molecule has 2 aliphatic rings. The Bertz CT molecular complexity index is 1260. The van der Waals surface area contributed by atoms with Gasteiger partial charge in [-0.05, 0) is 60.5 Å². The number of carbonyl (C=O) groups excluding carboxylic acids is 2. The Hall–Kier alpha value is -3.85. The van der Waals surface area contributed by atoms with Crippen molar-refractivity contribution in [2.45, 2.75) is 31.7 Å². The molecule has 0 unspecified atom stereocenters. The number of hydroxylamine groups is 1. The second-order valence-electron chi connectivity index (χ2n) is 8.64. The smallest absolute Gasteiger partial charge is 0.416 e. The Morgan fingerprint density at radius 1 is 0.889 bits per heavy atom. The zero-order valence-electron chi connectivity index (χ0n) is 19.3. The van der Waals surface area contributed by atoms with Crippen molar-refractivity contribution in [1.82, 2.24) is 0 Å². The molecule has 0 spiro atoms. The Labute approximate surface area is 205 Å². The number of fused-ring (bicyclic) bond motifs is 1. The fraction of sp³-hybridized carbons (Fsp3) is 0.259. The summed E-state index contributed by atoms with van der Waals surface area (Å²) in [5, 5.41) is 1.37. The number of para-hydroxylation sites is 1. The summed E-state index contributed by atoms with van der Waals surface area (Å²) in [5.41, 5.74) is 0.264. The lowest BCUT2D eigenvalue weighted by Gasteiger charge is -2.29. The summed E-state index contributed by atoms with van der Waals surface area (Å²) >= 11 is 0. The molecular weight excluding hydrogens is 473 g/mol. The molecule has 0 radical (unpaired) electrons. The Morgan fingerprint density at radius 3 is 2.28 bits per heavy atom. The molecule has 3 aromatic carbocycles. The fourth-order valence-corrected chi connectivity index (χ4v) is 4.62. The van der Waals surface area contributed by atoms with Crippen molar-refractivity contribution in [2.75, 3.05) is 16.6 Å². The molecular formula is C27H23F3N2O4. The predicted molar refractivity (Wildman–Crippen MR) is 126 cm³/mol. The van der Waals surface area contributed by atoms with Gasteiger partial charge in [-0.3, -0.25) is 14.4 Å². The number of halogens is 3. The van der Waals surface area contributed by atoms with Crippen LogP contribution in [0.5, 0.6) is 5.75 Å². The van der Waals surface area contributed by atoms with Crippen molar-refractivity contribution in [1.29, 1.82) is 0 Å². The molecule has 3 aromatic rings. The first-order chi connectivity index (χ1) is 17.3. The van der Waals surface area contributed by atoms with Crippen molar-refractivity contribution in [3.8, 4) is 5.75 Å². The zero-order chi connectivity index (χ0) is 25.4. The lowest BCUT2D eigenvalue weighted by molar-refractivity contribution is -0.137. The van der Waals surface area contributed by atoms with Gasteiger partial charge in [0, 0.05) is 0 Å². The van der Waals surface area contributed by atoms with E-state index in [1.807, 2.05) is 6.92 Å².